The molecule has 0 aromatic carbocycles. The molecule has 0 fully saturated rings. The third-order valence-corrected chi connectivity index (χ3v) is 6.36. The third kappa shape index (κ3) is 12.7. The highest BCUT2D eigenvalue weighted by molar-refractivity contribution is 5.16. The van der Waals surface area contributed by atoms with Gasteiger partial charge >= 0.3 is 0 Å². The lowest BCUT2D eigenvalue weighted by molar-refractivity contribution is 0.575. The average molecular weight is 539 g/mol. The topological polar surface area (TPSA) is 19.7 Å². The van der Waals surface area contributed by atoms with Gasteiger partial charge < -0.3 is 18.3 Å². The molecule has 0 amide bonds. The smallest absolute Gasteiger partial charge is 0.0279 e. The molecule has 4 nitrogen and oxygen atoms in total. The van der Waals surface area contributed by atoms with Crippen LogP contribution in [0.25, 0.3) is 0 Å². The number of hydrogen-bond donors (Lipinski definition) is 0. The second-order valence-electron chi connectivity index (χ2n) is 11.1. The van der Waals surface area contributed by atoms with Crippen molar-refractivity contribution in [2.45, 2.75) is 129 Å². The zero-order chi connectivity index (χ0) is 28.3. The van der Waals surface area contributed by atoms with Crippen molar-refractivity contribution in [3.8, 4) is 0 Å². The van der Waals surface area contributed by atoms with Crippen LogP contribution in [0.5, 0.6) is 0 Å². The third-order valence-electron chi connectivity index (χ3n) is 6.36. The SMILES string of the molecule is C.C.CC(C)n1cccc1.Cc1cc(C)n(C(C)C)c1.Cc1ccc(C)n1C(C)C.Cc1cccn1C(C)C. The van der Waals surface area contributed by atoms with Crippen LogP contribution in [0.2, 0.25) is 0 Å². The number of nitrogens with zero attached hydrogens (tertiary/aromatic N) is 4. The van der Waals surface area contributed by atoms with Crippen molar-refractivity contribution in [2.75, 3.05) is 0 Å². The van der Waals surface area contributed by atoms with Gasteiger partial charge in [0, 0.05) is 71.7 Å². The fourth-order valence-electron chi connectivity index (χ4n) is 4.56. The largest absolute Gasteiger partial charge is 0.352 e. The zero-order valence-corrected chi connectivity index (χ0v) is 25.9. The van der Waals surface area contributed by atoms with Gasteiger partial charge in [0.2, 0.25) is 0 Å². The lowest BCUT2D eigenvalue weighted by Gasteiger charge is -2.12. The molecule has 0 bridgehead atoms. The van der Waals surface area contributed by atoms with Crippen LogP contribution in [0.4, 0.5) is 0 Å². The molecule has 0 aliphatic carbocycles. The van der Waals surface area contributed by atoms with Crippen molar-refractivity contribution in [1.29, 1.82) is 0 Å². The molecule has 0 radical (unpaired) electrons. The van der Waals surface area contributed by atoms with Gasteiger partial charge in [-0.25, -0.2) is 0 Å². The zero-order valence-electron chi connectivity index (χ0n) is 25.9. The van der Waals surface area contributed by atoms with Crippen molar-refractivity contribution < 1.29 is 0 Å². The minimum Gasteiger partial charge on any atom is -0.352 e. The van der Waals surface area contributed by atoms with Gasteiger partial charge in [-0.3, -0.25) is 0 Å². The van der Waals surface area contributed by atoms with Crippen molar-refractivity contribution >= 4 is 0 Å². The van der Waals surface area contributed by atoms with Gasteiger partial charge in [-0.1, -0.05) is 14.9 Å². The average Bonchev–Trinajstić information content (AvgIpc) is 3.58. The van der Waals surface area contributed by atoms with E-state index in [-0.39, 0.29) is 14.9 Å². The Morgan fingerprint density at radius 1 is 0.487 bits per heavy atom. The Balaban J connectivity index is 0. The summed E-state index contributed by atoms with van der Waals surface area (Å²) < 4.78 is 9.04. The Bertz CT molecular complexity index is 1110. The Labute approximate surface area is 242 Å². The minimum absolute atomic E-state index is 0. The van der Waals surface area contributed by atoms with Crippen molar-refractivity contribution in [3.05, 3.63) is 95.6 Å². The monoisotopic (exact) mass is 538 g/mol. The molecule has 0 atom stereocenters. The van der Waals surface area contributed by atoms with Gasteiger partial charge in [-0.05, 0) is 138 Å². The highest BCUT2D eigenvalue weighted by Crippen LogP contribution is 2.14. The van der Waals surface area contributed by atoms with Crippen molar-refractivity contribution in [1.82, 2.24) is 18.3 Å². The number of hydrogen-bond acceptors (Lipinski definition) is 0. The van der Waals surface area contributed by atoms with Gasteiger partial charge in [0.25, 0.3) is 0 Å². The Morgan fingerprint density at radius 2 is 0.974 bits per heavy atom. The Kier molecular flexibility index (Phi) is 18.1. The van der Waals surface area contributed by atoms with Crippen molar-refractivity contribution in [2.24, 2.45) is 0 Å². The molecular weight excluding hydrogens is 476 g/mol. The predicted octanol–water partition coefficient (Wildman–Crippen LogP) is 11.1. The Hall–Kier alpha value is -2.88. The summed E-state index contributed by atoms with van der Waals surface area (Å²) >= 11 is 0. The lowest BCUT2D eigenvalue weighted by atomic mass is 10.3. The summed E-state index contributed by atoms with van der Waals surface area (Å²) in [6.45, 7) is 28.2. The summed E-state index contributed by atoms with van der Waals surface area (Å²) in [7, 11) is 0. The first-order chi connectivity index (χ1) is 17.3. The molecule has 0 spiro atoms. The molecule has 0 saturated heterocycles. The van der Waals surface area contributed by atoms with Gasteiger partial charge in [0.15, 0.2) is 0 Å². The van der Waals surface area contributed by atoms with Crippen LogP contribution in [0.15, 0.2) is 67.3 Å². The van der Waals surface area contributed by atoms with E-state index >= 15 is 0 Å². The lowest BCUT2D eigenvalue weighted by Crippen LogP contribution is -2.03. The summed E-state index contributed by atoms with van der Waals surface area (Å²) in [5, 5.41) is 0. The predicted molar refractivity (Wildman–Crippen MR) is 176 cm³/mol. The molecule has 0 saturated carbocycles. The second-order valence-corrected chi connectivity index (χ2v) is 11.1. The summed E-state index contributed by atoms with van der Waals surface area (Å²) in [5.41, 5.74) is 6.75. The van der Waals surface area contributed by atoms with Crippen LogP contribution >= 0.6 is 0 Å². The molecule has 4 aromatic rings. The van der Waals surface area contributed by atoms with Crippen LogP contribution in [0.1, 0.15) is 123 Å². The van der Waals surface area contributed by atoms with Gasteiger partial charge in [0.1, 0.15) is 0 Å². The van der Waals surface area contributed by atoms with Crippen LogP contribution in [0, 0.1) is 34.6 Å². The van der Waals surface area contributed by atoms with E-state index in [1.54, 1.807) is 0 Å². The second kappa shape index (κ2) is 18.4. The maximum absolute atomic E-state index is 2.33. The van der Waals surface area contributed by atoms with E-state index in [2.05, 4.69) is 163 Å². The standard InChI is InChI=1S/2C9H15N.C8H13N.C7H11N.2CH4/c1-7(2)10-6-8(3)5-9(10)4;1-7(2)10-8(3)5-6-9(10)4;1-7(2)9-6-4-5-8(9)3;1-7(2)8-5-3-4-6-8;;/h2*5-7H,1-4H3;4-7H,1-3H3;3-7H,1-2H3;2*1H4. The quantitative estimate of drug-likeness (QED) is 0.246. The first-order valence-electron chi connectivity index (χ1n) is 13.8. The first kappa shape index (κ1) is 38.3. The maximum atomic E-state index is 2.33. The fourth-order valence-corrected chi connectivity index (χ4v) is 4.56. The molecule has 4 heterocycles. The maximum Gasteiger partial charge on any atom is 0.0279 e. The van der Waals surface area contributed by atoms with Gasteiger partial charge in [-0.2, -0.15) is 0 Å². The summed E-state index contributed by atoms with van der Waals surface area (Å²) in [4.78, 5) is 0. The molecule has 39 heavy (non-hydrogen) atoms. The minimum atomic E-state index is 0. The van der Waals surface area contributed by atoms with E-state index in [4.69, 9.17) is 0 Å². The Morgan fingerprint density at radius 3 is 1.18 bits per heavy atom. The molecule has 0 aliphatic rings. The summed E-state index contributed by atoms with van der Waals surface area (Å²) in [5.74, 6) is 0. The number of aryl methyl sites for hydroxylation is 5. The van der Waals surface area contributed by atoms with Crippen LogP contribution in [-0.4, -0.2) is 18.3 Å². The van der Waals surface area contributed by atoms with E-state index < -0.39 is 0 Å². The fraction of sp³-hybridized carbons (Fsp3) is 0.543. The van der Waals surface area contributed by atoms with E-state index in [1.165, 1.54) is 28.3 Å². The number of aromatic nitrogens is 4. The van der Waals surface area contributed by atoms with Gasteiger partial charge in [-0.15, -0.1) is 0 Å². The summed E-state index contributed by atoms with van der Waals surface area (Å²) in [6.07, 6.45) is 8.45. The van der Waals surface area contributed by atoms with E-state index in [1.807, 2.05) is 12.1 Å². The molecule has 0 aliphatic heterocycles. The highest BCUT2D eigenvalue weighted by Gasteiger charge is 2.03. The molecule has 0 N–H and O–H groups in total. The molecule has 4 rings (SSSR count). The normalized spacial score (nSPS) is 10.2. The van der Waals surface area contributed by atoms with Crippen LogP contribution in [0.3, 0.4) is 0 Å². The number of rotatable bonds is 4. The first-order valence-corrected chi connectivity index (χ1v) is 13.8. The molecular formula is C35H62N4. The molecule has 0 unspecified atom stereocenters. The van der Waals surface area contributed by atoms with E-state index in [0.717, 1.165) is 0 Å². The van der Waals surface area contributed by atoms with Crippen LogP contribution in [-0.2, 0) is 0 Å². The summed E-state index contributed by atoms with van der Waals surface area (Å²) in [6, 6.07) is 17.2. The van der Waals surface area contributed by atoms with E-state index in [9.17, 15) is 0 Å². The van der Waals surface area contributed by atoms with Gasteiger partial charge in [0.05, 0.1) is 0 Å². The highest BCUT2D eigenvalue weighted by atomic mass is 15.0. The van der Waals surface area contributed by atoms with Crippen LogP contribution < -0.4 is 0 Å². The molecule has 222 valence electrons. The van der Waals surface area contributed by atoms with E-state index in [0.29, 0.717) is 24.2 Å². The molecule has 4 aromatic heterocycles. The molecule has 4 heteroatoms. The van der Waals surface area contributed by atoms with Crippen molar-refractivity contribution in [3.63, 3.8) is 0 Å².